The maximum atomic E-state index is 11.5. The molecule has 0 aromatic carbocycles. The molecule has 2 rings (SSSR count). The molecule has 2 fully saturated rings. The first kappa shape index (κ1) is 9.77. The van der Waals surface area contributed by atoms with Crippen molar-refractivity contribution in [2.45, 2.75) is 18.9 Å². The molecule has 1 heterocycles. The van der Waals surface area contributed by atoms with Crippen LogP contribution < -0.4 is 10.6 Å². The first-order valence-electron chi connectivity index (χ1n) is 5.37. The molecule has 14 heavy (non-hydrogen) atoms. The number of nitrogens with zero attached hydrogens (tertiary/aromatic N) is 1. The van der Waals surface area contributed by atoms with Gasteiger partial charge in [0.05, 0.1) is 0 Å². The lowest BCUT2D eigenvalue weighted by Gasteiger charge is -2.21. The fraction of sp³-hybridized carbons (Fsp3) is 0.900. The Kier molecular flexibility index (Phi) is 2.63. The Bertz CT molecular complexity index is 229. The molecule has 2 N–H and O–H groups in total. The fourth-order valence-corrected chi connectivity index (χ4v) is 2.61. The highest BCUT2D eigenvalue weighted by molar-refractivity contribution is 5.73. The van der Waals surface area contributed by atoms with Gasteiger partial charge in [-0.25, -0.2) is 4.79 Å². The lowest BCUT2D eigenvalue weighted by molar-refractivity contribution is 0.209. The number of urea groups is 1. The molecule has 1 aliphatic carbocycles. The van der Waals surface area contributed by atoms with Crippen molar-refractivity contribution < 1.29 is 4.79 Å². The fourth-order valence-electron chi connectivity index (χ4n) is 2.61. The third-order valence-corrected chi connectivity index (χ3v) is 3.47. The Labute approximate surface area is 85.0 Å². The van der Waals surface area contributed by atoms with E-state index in [1.165, 1.54) is 6.42 Å². The second kappa shape index (κ2) is 3.77. The van der Waals surface area contributed by atoms with Crippen LogP contribution in [-0.2, 0) is 0 Å². The smallest absolute Gasteiger partial charge is 0.317 e. The molecular weight excluding hydrogens is 178 g/mol. The number of hydrogen-bond acceptors (Lipinski definition) is 2. The van der Waals surface area contributed by atoms with E-state index in [4.69, 9.17) is 0 Å². The molecule has 4 heteroatoms. The minimum absolute atomic E-state index is 0.0440. The highest BCUT2D eigenvalue weighted by Crippen LogP contribution is 2.34. The van der Waals surface area contributed by atoms with Crippen molar-refractivity contribution in [2.24, 2.45) is 11.8 Å². The van der Waals surface area contributed by atoms with Crippen LogP contribution in [0.4, 0.5) is 4.79 Å². The van der Waals surface area contributed by atoms with Gasteiger partial charge in [-0.3, -0.25) is 0 Å². The lowest BCUT2D eigenvalue weighted by Crippen LogP contribution is -2.44. The molecule has 0 aromatic heterocycles. The zero-order valence-electron chi connectivity index (χ0n) is 8.92. The van der Waals surface area contributed by atoms with E-state index >= 15 is 0 Å². The van der Waals surface area contributed by atoms with E-state index in [2.05, 4.69) is 10.6 Å². The van der Waals surface area contributed by atoms with E-state index in [1.807, 2.05) is 0 Å². The van der Waals surface area contributed by atoms with Gasteiger partial charge in [0.2, 0.25) is 0 Å². The molecule has 2 amide bonds. The highest BCUT2D eigenvalue weighted by Gasteiger charge is 2.39. The minimum Gasteiger partial charge on any atom is -0.335 e. The van der Waals surface area contributed by atoms with E-state index in [0.29, 0.717) is 12.0 Å². The van der Waals surface area contributed by atoms with Gasteiger partial charge in [0, 0.05) is 26.7 Å². The van der Waals surface area contributed by atoms with Crippen molar-refractivity contribution in [3.63, 3.8) is 0 Å². The Balaban J connectivity index is 1.90. The standard InChI is InChI=1S/C10H19N3O/c1-13(2)10(14)12-9-4-3-7-5-11-6-8(7)9/h7-9,11H,3-6H2,1-2H3,(H,12,14). The average molecular weight is 197 g/mol. The summed E-state index contributed by atoms with van der Waals surface area (Å²) in [5.41, 5.74) is 0. The summed E-state index contributed by atoms with van der Waals surface area (Å²) in [7, 11) is 3.57. The van der Waals surface area contributed by atoms with Crippen LogP contribution in [0, 0.1) is 11.8 Å². The number of carbonyl (C=O) groups is 1. The predicted octanol–water partition coefficient (Wildman–Crippen LogP) is 0.256. The second-order valence-corrected chi connectivity index (χ2v) is 4.61. The van der Waals surface area contributed by atoms with Gasteiger partial charge >= 0.3 is 6.03 Å². The Morgan fingerprint density at radius 2 is 2.14 bits per heavy atom. The maximum absolute atomic E-state index is 11.5. The first-order chi connectivity index (χ1) is 6.68. The molecule has 0 bridgehead atoms. The number of carbonyl (C=O) groups excluding carboxylic acids is 1. The van der Waals surface area contributed by atoms with Gasteiger partial charge in [-0.1, -0.05) is 0 Å². The number of rotatable bonds is 1. The number of hydrogen-bond donors (Lipinski definition) is 2. The van der Waals surface area contributed by atoms with Crippen LogP contribution in [0.3, 0.4) is 0 Å². The van der Waals surface area contributed by atoms with Crippen molar-refractivity contribution in [3.05, 3.63) is 0 Å². The summed E-state index contributed by atoms with van der Waals surface area (Å²) in [6.45, 7) is 2.21. The Hall–Kier alpha value is -0.770. The molecule has 2 aliphatic rings. The van der Waals surface area contributed by atoms with Gasteiger partial charge in [-0.05, 0) is 31.2 Å². The summed E-state index contributed by atoms with van der Waals surface area (Å²) in [5.74, 6) is 1.46. The summed E-state index contributed by atoms with van der Waals surface area (Å²) in [4.78, 5) is 13.1. The van der Waals surface area contributed by atoms with E-state index in [0.717, 1.165) is 25.4 Å². The van der Waals surface area contributed by atoms with Crippen molar-refractivity contribution in [1.82, 2.24) is 15.5 Å². The Morgan fingerprint density at radius 1 is 1.36 bits per heavy atom. The van der Waals surface area contributed by atoms with Crippen LogP contribution in [-0.4, -0.2) is 44.2 Å². The van der Waals surface area contributed by atoms with Crippen molar-refractivity contribution in [2.75, 3.05) is 27.2 Å². The van der Waals surface area contributed by atoms with E-state index < -0.39 is 0 Å². The van der Waals surface area contributed by atoms with E-state index in [1.54, 1.807) is 19.0 Å². The van der Waals surface area contributed by atoms with Crippen LogP contribution in [0.25, 0.3) is 0 Å². The van der Waals surface area contributed by atoms with Gasteiger partial charge in [0.15, 0.2) is 0 Å². The maximum Gasteiger partial charge on any atom is 0.317 e. The first-order valence-corrected chi connectivity index (χ1v) is 5.37. The van der Waals surface area contributed by atoms with E-state index in [-0.39, 0.29) is 6.03 Å². The van der Waals surface area contributed by atoms with Gasteiger partial charge in [0.25, 0.3) is 0 Å². The molecule has 0 spiro atoms. The minimum atomic E-state index is 0.0440. The van der Waals surface area contributed by atoms with E-state index in [9.17, 15) is 4.79 Å². The van der Waals surface area contributed by atoms with Crippen LogP contribution in [0.1, 0.15) is 12.8 Å². The largest absolute Gasteiger partial charge is 0.335 e. The molecule has 0 aromatic rings. The topological polar surface area (TPSA) is 44.4 Å². The predicted molar refractivity (Wildman–Crippen MR) is 55.1 cm³/mol. The molecular formula is C10H19N3O. The molecule has 80 valence electrons. The van der Waals surface area contributed by atoms with Crippen LogP contribution in [0.5, 0.6) is 0 Å². The molecule has 4 nitrogen and oxygen atoms in total. The number of nitrogens with one attached hydrogen (secondary N) is 2. The van der Waals surface area contributed by atoms with Crippen LogP contribution >= 0.6 is 0 Å². The Morgan fingerprint density at radius 3 is 2.86 bits per heavy atom. The molecule has 1 saturated heterocycles. The van der Waals surface area contributed by atoms with Gasteiger partial charge in [-0.2, -0.15) is 0 Å². The van der Waals surface area contributed by atoms with Gasteiger partial charge < -0.3 is 15.5 Å². The lowest BCUT2D eigenvalue weighted by atomic mass is 9.98. The van der Waals surface area contributed by atoms with Crippen molar-refractivity contribution in [3.8, 4) is 0 Å². The normalized spacial score (nSPS) is 35.4. The zero-order valence-corrected chi connectivity index (χ0v) is 8.92. The summed E-state index contributed by atoms with van der Waals surface area (Å²) in [6.07, 6.45) is 2.41. The van der Waals surface area contributed by atoms with Crippen molar-refractivity contribution >= 4 is 6.03 Å². The van der Waals surface area contributed by atoms with Crippen LogP contribution in [0.15, 0.2) is 0 Å². The molecule has 1 aliphatic heterocycles. The number of amides is 2. The summed E-state index contributed by atoms with van der Waals surface area (Å²) in [6, 6.07) is 0.437. The summed E-state index contributed by atoms with van der Waals surface area (Å²) < 4.78 is 0. The quantitative estimate of drug-likeness (QED) is 0.633. The summed E-state index contributed by atoms with van der Waals surface area (Å²) in [5, 5.41) is 6.49. The number of fused-ring (bicyclic) bond motifs is 1. The highest BCUT2D eigenvalue weighted by atomic mass is 16.2. The second-order valence-electron chi connectivity index (χ2n) is 4.61. The van der Waals surface area contributed by atoms with Gasteiger partial charge in [-0.15, -0.1) is 0 Å². The molecule has 3 atom stereocenters. The zero-order chi connectivity index (χ0) is 10.1. The van der Waals surface area contributed by atoms with Gasteiger partial charge in [0.1, 0.15) is 0 Å². The third kappa shape index (κ3) is 1.71. The molecule has 1 saturated carbocycles. The summed E-state index contributed by atoms with van der Waals surface area (Å²) >= 11 is 0. The average Bonchev–Trinajstić information content (AvgIpc) is 2.69. The van der Waals surface area contributed by atoms with Crippen LogP contribution in [0.2, 0.25) is 0 Å². The SMILES string of the molecule is CN(C)C(=O)NC1CCC2CNCC21. The molecule has 0 radical (unpaired) electrons. The molecule has 3 unspecified atom stereocenters. The third-order valence-electron chi connectivity index (χ3n) is 3.47. The monoisotopic (exact) mass is 197 g/mol. The van der Waals surface area contributed by atoms with Crippen molar-refractivity contribution in [1.29, 1.82) is 0 Å².